The summed E-state index contributed by atoms with van der Waals surface area (Å²) in [4.78, 5) is 2.89. The molecule has 0 aromatic heterocycles. The van der Waals surface area contributed by atoms with E-state index in [0.717, 1.165) is 23.9 Å². The second-order valence-electron chi connectivity index (χ2n) is 8.75. The molecule has 1 aliphatic heterocycles. The molecule has 2 aliphatic carbocycles. The predicted molar refractivity (Wildman–Crippen MR) is 99.8 cm³/mol. The molecule has 2 saturated carbocycles. The molecule has 23 heavy (non-hydrogen) atoms. The Morgan fingerprint density at radius 3 is 2.22 bits per heavy atom. The number of likely N-dealkylation sites (tertiary alicyclic amines) is 1. The van der Waals surface area contributed by atoms with Crippen LogP contribution in [0.2, 0.25) is 0 Å². The summed E-state index contributed by atoms with van der Waals surface area (Å²) in [7, 11) is 0. The first-order chi connectivity index (χ1) is 11.3. The third kappa shape index (κ3) is 5.46. The molecule has 0 aromatic rings. The minimum Gasteiger partial charge on any atom is -0.312 e. The molecule has 3 rings (SSSR count). The molecule has 2 nitrogen and oxygen atoms in total. The molecule has 2 heteroatoms. The highest BCUT2D eigenvalue weighted by molar-refractivity contribution is 4.88. The Morgan fingerprint density at radius 1 is 0.826 bits per heavy atom. The molecular formula is C21H40N2. The van der Waals surface area contributed by atoms with Crippen LogP contribution >= 0.6 is 0 Å². The van der Waals surface area contributed by atoms with Gasteiger partial charge in [0.15, 0.2) is 0 Å². The first kappa shape index (κ1) is 17.7. The van der Waals surface area contributed by atoms with Crippen LogP contribution in [0.4, 0.5) is 0 Å². The minimum atomic E-state index is 0.768. The Bertz CT molecular complexity index is 318. The van der Waals surface area contributed by atoms with Gasteiger partial charge in [-0.2, -0.15) is 0 Å². The van der Waals surface area contributed by atoms with Crippen molar-refractivity contribution in [2.24, 2.45) is 11.8 Å². The highest BCUT2D eigenvalue weighted by atomic mass is 15.2. The Hall–Kier alpha value is -0.0800. The Kier molecular flexibility index (Phi) is 7.26. The topological polar surface area (TPSA) is 15.3 Å². The second kappa shape index (κ2) is 9.42. The lowest BCUT2D eigenvalue weighted by Crippen LogP contribution is -2.53. The quantitative estimate of drug-likeness (QED) is 0.742. The molecule has 0 amide bonds. The van der Waals surface area contributed by atoms with E-state index in [1.807, 2.05) is 0 Å². The van der Waals surface area contributed by atoms with Crippen molar-refractivity contribution in [3.63, 3.8) is 0 Å². The van der Waals surface area contributed by atoms with Gasteiger partial charge in [0.25, 0.3) is 0 Å². The standard InChI is InChI=1S/C21H40N2/c1-2-9-19-14-20(22-15-18-10-5-3-6-11-18)17-23(16-19)21-12-7-4-8-13-21/h18-22H,2-17H2,1H3. The van der Waals surface area contributed by atoms with Crippen molar-refractivity contribution < 1.29 is 0 Å². The van der Waals surface area contributed by atoms with Gasteiger partial charge < -0.3 is 5.32 Å². The summed E-state index contributed by atoms with van der Waals surface area (Å²) in [5.74, 6) is 1.91. The molecule has 2 atom stereocenters. The van der Waals surface area contributed by atoms with Crippen LogP contribution in [0.1, 0.15) is 90.4 Å². The monoisotopic (exact) mass is 320 g/mol. The molecule has 1 saturated heterocycles. The summed E-state index contributed by atoms with van der Waals surface area (Å²) in [6, 6.07) is 1.67. The van der Waals surface area contributed by atoms with Crippen LogP contribution in [0.3, 0.4) is 0 Å². The minimum absolute atomic E-state index is 0.768. The molecule has 3 aliphatic rings. The van der Waals surface area contributed by atoms with Crippen LogP contribution < -0.4 is 5.32 Å². The van der Waals surface area contributed by atoms with E-state index >= 15 is 0 Å². The third-order valence-corrected chi connectivity index (χ3v) is 6.77. The van der Waals surface area contributed by atoms with Crippen molar-refractivity contribution in [1.82, 2.24) is 10.2 Å². The molecule has 0 aromatic carbocycles. The van der Waals surface area contributed by atoms with Gasteiger partial charge in [0.1, 0.15) is 0 Å². The van der Waals surface area contributed by atoms with Gasteiger partial charge in [0.05, 0.1) is 0 Å². The van der Waals surface area contributed by atoms with E-state index in [-0.39, 0.29) is 0 Å². The summed E-state index contributed by atoms with van der Waals surface area (Å²) in [5, 5.41) is 4.01. The molecule has 3 fully saturated rings. The van der Waals surface area contributed by atoms with Gasteiger partial charge in [-0.1, -0.05) is 51.9 Å². The molecular weight excluding hydrogens is 280 g/mol. The number of nitrogens with one attached hydrogen (secondary N) is 1. The van der Waals surface area contributed by atoms with Crippen LogP contribution in [0, 0.1) is 11.8 Å². The smallest absolute Gasteiger partial charge is 0.0198 e. The molecule has 134 valence electrons. The van der Waals surface area contributed by atoms with Gasteiger partial charge in [-0.15, -0.1) is 0 Å². The summed E-state index contributed by atoms with van der Waals surface area (Å²) in [6.07, 6.45) is 19.0. The lowest BCUT2D eigenvalue weighted by molar-refractivity contribution is 0.0726. The number of nitrogens with zero attached hydrogens (tertiary/aromatic N) is 1. The van der Waals surface area contributed by atoms with E-state index in [2.05, 4.69) is 17.1 Å². The zero-order chi connectivity index (χ0) is 15.9. The Morgan fingerprint density at radius 2 is 1.52 bits per heavy atom. The average Bonchev–Trinajstić information content (AvgIpc) is 2.62. The highest BCUT2D eigenvalue weighted by Gasteiger charge is 2.31. The van der Waals surface area contributed by atoms with Crippen molar-refractivity contribution in [1.29, 1.82) is 0 Å². The zero-order valence-electron chi connectivity index (χ0n) is 15.6. The van der Waals surface area contributed by atoms with E-state index in [4.69, 9.17) is 0 Å². The van der Waals surface area contributed by atoms with Crippen LogP contribution in [0.5, 0.6) is 0 Å². The fraction of sp³-hybridized carbons (Fsp3) is 1.00. The SMILES string of the molecule is CCCC1CC(NCC2CCCCC2)CN(C2CCCCC2)C1. The first-order valence-corrected chi connectivity index (χ1v) is 10.8. The van der Waals surface area contributed by atoms with E-state index in [1.165, 1.54) is 103 Å². The molecule has 1 N–H and O–H groups in total. The summed E-state index contributed by atoms with van der Waals surface area (Å²) < 4.78 is 0. The Labute approximate surface area is 144 Å². The van der Waals surface area contributed by atoms with Crippen LogP contribution in [0.15, 0.2) is 0 Å². The maximum absolute atomic E-state index is 4.01. The normalized spacial score (nSPS) is 32.2. The third-order valence-electron chi connectivity index (χ3n) is 6.77. The van der Waals surface area contributed by atoms with Crippen LogP contribution in [-0.4, -0.2) is 36.6 Å². The van der Waals surface area contributed by atoms with Gasteiger partial charge >= 0.3 is 0 Å². The number of piperidine rings is 1. The highest BCUT2D eigenvalue weighted by Crippen LogP contribution is 2.29. The maximum Gasteiger partial charge on any atom is 0.0198 e. The van der Waals surface area contributed by atoms with Crippen molar-refractivity contribution in [2.75, 3.05) is 19.6 Å². The van der Waals surface area contributed by atoms with Crippen molar-refractivity contribution >= 4 is 0 Å². The van der Waals surface area contributed by atoms with Crippen molar-refractivity contribution in [3.05, 3.63) is 0 Å². The predicted octanol–water partition coefficient (Wildman–Crippen LogP) is 4.98. The van der Waals surface area contributed by atoms with Gasteiger partial charge in [-0.25, -0.2) is 0 Å². The number of rotatable bonds is 6. The summed E-state index contributed by atoms with van der Waals surface area (Å²) >= 11 is 0. The number of hydrogen-bond acceptors (Lipinski definition) is 2. The molecule has 1 heterocycles. The zero-order valence-corrected chi connectivity index (χ0v) is 15.6. The maximum atomic E-state index is 4.01. The Balaban J connectivity index is 1.50. The van der Waals surface area contributed by atoms with Gasteiger partial charge in [0, 0.05) is 25.2 Å². The fourth-order valence-electron chi connectivity index (χ4n) is 5.47. The molecule has 0 radical (unpaired) electrons. The largest absolute Gasteiger partial charge is 0.312 e. The van der Waals surface area contributed by atoms with E-state index in [0.29, 0.717) is 0 Å². The second-order valence-corrected chi connectivity index (χ2v) is 8.75. The lowest BCUT2D eigenvalue weighted by atomic mass is 9.85. The summed E-state index contributed by atoms with van der Waals surface area (Å²) in [5.41, 5.74) is 0. The van der Waals surface area contributed by atoms with Crippen LogP contribution in [-0.2, 0) is 0 Å². The van der Waals surface area contributed by atoms with E-state index in [1.54, 1.807) is 0 Å². The van der Waals surface area contributed by atoms with Crippen molar-refractivity contribution in [2.45, 2.75) is 102 Å². The van der Waals surface area contributed by atoms with Crippen molar-refractivity contribution in [3.8, 4) is 0 Å². The fourth-order valence-corrected chi connectivity index (χ4v) is 5.47. The molecule has 0 bridgehead atoms. The average molecular weight is 321 g/mol. The number of hydrogen-bond donors (Lipinski definition) is 1. The van der Waals surface area contributed by atoms with E-state index < -0.39 is 0 Å². The molecule has 2 unspecified atom stereocenters. The van der Waals surface area contributed by atoms with Gasteiger partial charge in [-0.05, 0) is 56.9 Å². The molecule has 0 spiro atoms. The summed E-state index contributed by atoms with van der Waals surface area (Å²) in [6.45, 7) is 6.38. The van der Waals surface area contributed by atoms with Crippen LogP contribution in [0.25, 0.3) is 0 Å². The van der Waals surface area contributed by atoms with Gasteiger partial charge in [0.2, 0.25) is 0 Å². The van der Waals surface area contributed by atoms with E-state index in [9.17, 15) is 0 Å². The first-order valence-electron chi connectivity index (χ1n) is 10.8. The lowest BCUT2D eigenvalue weighted by Gasteiger charge is -2.44. The van der Waals surface area contributed by atoms with Gasteiger partial charge in [-0.3, -0.25) is 4.90 Å².